The highest BCUT2D eigenvalue weighted by molar-refractivity contribution is 6.35. The lowest BCUT2D eigenvalue weighted by Gasteiger charge is -2.28. The summed E-state index contributed by atoms with van der Waals surface area (Å²) >= 11 is 11.7. The van der Waals surface area contributed by atoms with Gasteiger partial charge in [0.2, 0.25) is 0 Å². The summed E-state index contributed by atoms with van der Waals surface area (Å²) in [5.41, 5.74) is 0.384. The largest absolute Gasteiger partial charge is 0.481 e. The van der Waals surface area contributed by atoms with Gasteiger partial charge in [0, 0.05) is 22.2 Å². The number of carboxylic acids is 1. The van der Waals surface area contributed by atoms with E-state index in [1.165, 1.54) is 12.1 Å². The maximum atomic E-state index is 12.1. The zero-order valence-corrected chi connectivity index (χ0v) is 13.0. The van der Waals surface area contributed by atoms with Crippen LogP contribution in [0.5, 0.6) is 0 Å². The molecule has 1 aliphatic rings. The van der Waals surface area contributed by atoms with E-state index in [0.717, 1.165) is 19.3 Å². The van der Waals surface area contributed by atoms with Crippen molar-refractivity contribution in [2.24, 2.45) is 11.8 Å². The third-order valence-corrected chi connectivity index (χ3v) is 4.31. The van der Waals surface area contributed by atoms with Crippen LogP contribution in [0.15, 0.2) is 18.2 Å². The molecule has 1 aromatic rings. The van der Waals surface area contributed by atoms with Crippen LogP contribution in [0.25, 0.3) is 0 Å². The molecule has 2 N–H and O–H groups in total. The summed E-state index contributed by atoms with van der Waals surface area (Å²) in [6.07, 6.45) is 3.45. The van der Waals surface area contributed by atoms with Crippen LogP contribution in [0.4, 0.5) is 0 Å². The van der Waals surface area contributed by atoms with Gasteiger partial charge in [0.25, 0.3) is 5.91 Å². The number of hydrogen-bond donors (Lipinski definition) is 2. The Bertz CT molecular complexity index is 527. The minimum Gasteiger partial charge on any atom is -0.481 e. The number of carbonyl (C=O) groups is 2. The summed E-state index contributed by atoms with van der Waals surface area (Å²) in [6.45, 7) is 0.361. The third-order valence-electron chi connectivity index (χ3n) is 3.88. The zero-order chi connectivity index (χ0) is 15.4. The molecule has 2 atom stereocenters. The standard InChI is InChI=1S/C15H17Cl2NO3/c16-11-5-10(6-12(17)7-11)14(19)18-8-9-3-1-2-4-13(9)15(20)21/h5-7,9,13H,1-4,8H2,(H,18,19)(H,20,21). The Kier molecular flexibility index (Phi) is 5.48. The van der Waals surface area contributed by atoms with Crippen molar-refractivity contribution in [3.05, 3.63) is 33.8 Å². The smallest absolute Gasteiger partial charge is 0.306 e. The Hall–Kier alpha value is -1.26. The number of nitrogens with one attached hydrogen (secondary N) is 1. The Balaban J connectivity index is 1.98. The summed E-state index contributed by atoms with van der Waals surface area (Å²) in [6, 6.07) is 4.64. The normalized spacial score (nSPS) is 21.8. The number of aliphatic carboxylic acids is 1. The molecule has 0 bridgehead atoms. The molecular weight excluding hydrogens is 313 g/mol. The SMILES string of the molecule is O=C(NCC1CCCCC1C(=O)O)c1cc(Cl)cc(Cl)c1. The Morgan fingerprint density at radius 2 is 1.76 bits per heavy atom. The molecule has 6 heteroatoms. The van der Waals surface area contributed by atoms with Gasteiger partial charge in [-0.1, -0.05) is 36.0 Å². The van der Waals surface area contributed by atoms with E-state index in [0.29, 0.717) is 28.6 Å². The molecule has 0 saturated heterocycles. The molecule has 0 heterocycles. The second-order valence-electron chi connectivity index (χ2n) is 5.36. The summed E-state index contributed by atoms with van der Waals surface area (Å²) in [5, 5.41) is 12.8. The van der Waals surface area contributed by atoms with Crippen molar-refractivity contribution in [3.63, 3.8) is 0 Å². The average molecular weight is 330 g/mol. The van der Waals surface area contributed by atoms with Crippen molar-refractivity contribution in [3.8, 4) is 0 Å². The molecule has 1 aromatic carbocycles. The number of halogens is 2. The molecule has 0 spiro atoms. The number of carbonyl (C=O) groups excluding carboxylic acids is 1. The summed E-state index contributed by atoms with van der Waals surface area (Å²) in [4.78, 5) is 23.3. The molecule has 1 aliphatic carbocycles. The molecule has 1 fully saturated rings. The predicted octanol–water partition coefficient (Wildman–Crippen LogP) is 3.61. The van der Waals surface area contributed by atoms with E-state index < -0.39 is 5.97 Å². The first kappa shape index (κ1) is 16.1. The third kappa shape index (κ3) is 4.35. The van der Waals surface area contributed by atoms with E-state index in [1.54, 1.807) is 6.07 Å². The van der Waals surface area contributed by atoms with Crippen molar-refractivity contribution in [2.75, 3.05) is 6.54 Å². The maximum Gasteiger partial charge on any atom is 0.306 e. The highest BCUT2D eigenvalue weighted by atomic mass is 35.5. The van der Waals surface area contributed by atoms with E-state index in [2.05, 4.69) is 5.32 Å². The van der Waals surface area contributed by atoms with E-state index in [9.17, 15) is 14.7 Å². The second-order valence-corrected chi connectivity index (χ2v) is 6.23. The summed E-state index contributed by atoms with van der Waals surface area (Å²) in [5.74, 6) is -1.45. The van der Waals surface area contributed by atoms with Gasteiger partial charge in [-0.2, -0.15) is 0 Å². The Morgan fingerprint density at radius 1 is 1.14 bits per heavy atom. The van der Waals surface area contributed by atoms with E-state index in [4.69, 9.17) is 23.2 Å². The van der Waals surface area contributed by atoms with Crippen LogP contribution in [-0.4, -0.2) is 23.5 Å². The van der Waals surface area contributed by atoms with Crippen molar-refractivity contribution in [1.29, 1.82) is 0 Å². The van der Waals surface area contributed by atoms with Crippen LogP contribution >= 0.6 is 23.2 Å². The number of amides is 1. The highest BCUT2D eigenvalue weighted by Crippen LogP contribution is 2.29. The van der Waals surface area contributed by atoms with Crippen molar-refractivity contribution < 1.29 is 14.7 Å². The number of carboxylic acid groups (broad SMARTS) is 1. The van der Waals surface area contributed by atoms with E-state index in [1.807, 2.05) is 0 Å². The highest BCUT2D eigenvalue weighted by Gasteiger charge is 2.30. The molecule has 4 nitrogen and oxygen atoms in total. The molecule has 0 radical (unpaired) electrons. The van der Waals surface area contributed by atoms with Crippen LogP contribution < -0.4 is 5.32 Å². The van der Waals surface area contributed by atoms with Crippen LogP contribution in [0.3, 0.4) is 0 Å². The van der Waals surface area contributed by atoms with E-state index >= 15 is 0 Å². The van der Waals surface area contributed by atoms with Crippen molar-refractivity contribution in [2.45, 2.75) is 25.7 Å². The van der Waals surface area contributed by atoms with Crippen LogP contribution in [0.1, 0.15) is 36.0 Å². The minimum absolute atomic E-state index is 0.0187. The Labute approximate surface area is 133 Å². The zero-order valence-electron chi connectivity index (χ0n) is 11.4. The van der Waals surface area contributed by atoms with Crippen molar-refractivity contribution in [1.82, 2.24) is 5.32 Å². The molecule has 0 aromatic heterocycles. The van der Waals surface area contributed by atoms with Gasteiger partial charge in [0.15, 0.2) is 0 Å². The number of rotatable bonds is 4. The lowest BCUT2D eigenvalue weighted by atomic mass is 9.79. The van der Waals surface area contributed by atoms with Gasteiger partial charge < -0.3 is 10.4 Å². The minimum atomic E-state index is -0.778. The fraction of sp³-hybridized carbons (Fsp3) is 0.467. The summed E-state index contributed by atoms with van der Waals surface area (Å²) < 4.78 is 0. The predicted molar refractivity (Wildman–Crippen MR) is 81.9 cm³/mol. The number of benzene rings is 1. The van der Waals surface area contributed by atoms with Gasteiger partial charge >= 0.3 is 5.97 Å². The quantitative estimate of drug-likeness (QED) is 0.886. The first-order valence-electron chi connectivity index (χ1n) is 6.94. The second kappa shape index (κ2) is 7.14. The van der Waals surface area contributed by atoms with Crippen LogP contribution in [0, 0.1) is 11.8 Å². The molecule has 114 valence electrons. The molecule has 2 unspecified atom stereocenters. The average Bonchev–Trinajstić information content (AvgIpc) is 2.43. The van der Waals surface area contributed by atoms with Gasteiger partial charge in [-0.05, 0) is 37.0 Å². The van der Waals surface area contributed by atoms with Gasteiger partial charge in [0.1, 0.15) is 0 Å². The van der Waals surface area contributed by atoms with Gasteiger partial charge in [-0.25, -0.2) is 0 Å². The van der Waals surface area contributed by atoms with Crippen LogP contribution in [0.2, 0.25) is 10.0 Å². The van der Waals surface area contributed by atoms with E-state index in [-0.39, 0.29) is 17.7 Å². The van der Waals surface area contributed by atoms with Crippen molar-refractivity contribution >= 4 is 35.1 Å². The number of hydrogen-bond acceptors (Lipinski definition) is 2. The fourth-order valence-corrected chi connectivity index (χ4v) is 3.31. The lowest BCUT2D eigenvalue weighted by molar-refractivity contribution is -0.144. The van der Waals surface area contributed by atoms with Gasteiger partial charge in [0.05, 0.1) is 5.92 Å². The molecule has 21 heavy (non-hydrogen) atoms. The Morgan fingerprint density at radius 3 is 2.38 bits per heavy atom. The topological polar surface area (TPSA) is 66.4 Å². The molecule has 2 rings (SSSR count). The lowest BCUT2D eigenvalue weighted by Crippen LogP contribution is -2.37. The van der Waals surface area contributed by atoms with Gasteiger partial charge in [-0.3, -0.25) is 9.59 Å². The molecule has 1 amide bonds. The molecule has 1 saturated carbocycles. The maximum absolute atomic E-state index is 12.1. The monoisotopic (exact) mass is 329 g/mol. The van der Waals surface area contributed by atoms with Gasteiger partial charge in [-0.15, -0.1) is 0 Å². The first-order chi connectivity index (χ1) is 9.97. The summed E-state index contributed by atoms with van der Waals surface area (Å²) in [7, 11) is 0. The molecular formula is C15H17Cl2NO3. The fourth-order valence-electron chi connectivity index (χ4n) is 2.79. The molecule has 0 aliphatic heterocycles. The van der Waals surface area contributed by atoms with Crippen LogP contribution in [-0.2, 0) is 4.79 Å². The first-order valence-corrected chi connectivity index (χ1v) is 7.70.